The van der Waals surface area contributed by atoms with Crippen LogP contribution in [-0.2, 0) is 4.74 Å². The number of halogens is 1. The van der Waals surface area contributed by atoms with Crippen molar-refractivity contribution in [3.05, 3.63) is 36.0 Å². The number of nitriles is 1. The third kappa shape index (κ3) is 5.91. The second-order valence-corrected chi connectivity index (χ2v) is 8.09. The van der Waals surface area contributed by atoms with Gasteiger partial charge in [0.05, 0.1) is 11.4 Å². The molecular formula is C20H25FN8O2. The lowest BCUT2D eigenvalue weighted by molar-refractivity contribution is 0.0497. The Morgan fingerprint density at radius 3 is 2.74 bits per heavy atom. The lowest BCUT2D eigenvalue weighted by atomic mass is 10.0. The molecule has 0 saturated carbocycles. The number of ether oxygens (including phenoxy) is 1. The van der Waals surface area contributed by atoms with Crippen LogP contribution in [0.2, 0.25) is 0 Å². The Morgan fingerprint density at radius 2 is 2.13 bits per heavy atom. The average molecular weight is 428 g/mol. The van der Waals surface area contributed by atoms with Crippen LogP contribution in [0.1, 0.15) is 39.4 Å². The van der Waals surface area contributed by atoms with Gasteiger partial charge in [0.2, 0.25) is 5.82 Å². The normalized spacial score (nSPS) is 15.3. The Morgan fingerprint density at radius 1 is 1.39 bits per heavy atom. The van der Waals surface area contributed by atoms with Gasteiger partial charge in [-0.1, -0.05) is 6.07 Å². The van der Waals surface area contributed by atoms with Crippen LogP contribution in [0.25, 0.3) is 5.57 Å². The second kappa shape index (κ2) is 9.42. The molecule has 10 nitrogen and oxygen atoms in total. The van der Waals surface area contributed by atoms with Gasteiger partial charge in [0.15, 0.2) is 0 Å². The highest BCUT2D eigenvalue weighted by atomic mass is 19.1. The van der Waals surface area contributed by atoms with Crippen LogP contribution in [0.15, 0.2) is 24.4 Å². The Kier molecular flexibility index (Phi) is 6.69. The van der Waals surface area contributed by atoms with Gasteiger partial charge in [-0.3, -0.25) is 0 Å². The molecule has 0 spiro atoms. The zero-order chi connectivity index (χ0) is 22.4. The monoisotopic (exact) mass is 428 g/mol. The molecule has 3 rings (SSSR count). The first-order chi connectivity index (χ1) is 14.8. The number of H-pyrrole nitrogens is 1. The fraction of sp³-hybridized carbons (Fsp3) is 0.450. The topological polar surface area (TPSA) is 132 Å². The number of tetrazole rings is 1. The van der Waals surface area contributed by atoms with E-state index in [9.17, 15) is 14.4 Å². The van der Waals surface area contributed by atoms with Crippen LogP contribution in [0.4, 0.5) is 20.6 Å². The van der Waals surface area contributed by atoms with E-state index in [0.717, 1.165) is 0 Å². The zero-order valence-electron chi connectivity index (χ0n) is 17.6. The summed E-state index contributed by atoms with van der Waals surface area (Å²) in [5.74, 6) is -0.338. The van der Waals surface area contributed by atoms with E-state index in [0.29, 0.717) is 31.6 Å². The number of nitrogens with zero attached hydrogens (tertiary/aromatic N) is 5. The molecule has 1 aliphatic rings. The lowest BCUT2D eigenvalue weighted by Crippen LogP contribution is -2.46. The molecule has 0 bridgehead atoms. The first-order valence-corrected chi connectivity index (χ1v) is 9.90. The predicted octanol–water partition coefficient (Wildman–Crippen LogP) is 2.81. The van der Waals surface area contributed by atoms with Crippen LogP contribution in [0.5, 0.6) is 0 Å². The first kappa shape index (κ1) is 22.0. The number of para-hydroxylation sites is 1. The number of piperidine rings is 1. The SMILES string of the molecule is CC(C)(C)OC(=O)NC1CCN(c2cccc(F)c2NC=C(C#N)c2nn[nH]n2)CC1. The quantitative estimate of drug-likeness (QED) is 0.620. The number of hydrogen-bond donors (Lipinski definition) is 3. The van der Waals surface area contributed by atoms with Crippen molar-refractivity contribution in [3.8, 4) is 6.07 Å². The number of benzene rings is 1. The van der Waals surface area contributed by atoms with Crippen LogP contribution < -0.4 is 15.5 Å². The van der Waals surface area contributed by atoms with E-state index < -0.39 is 17.5 Å². The smallest absolute Gasteiger partial charge is 0.407 e. The molecule has 164 valence electrons. The number of rotatable bonds is 5. The largest absolute Gasteiger partial charge is 0.444 e. The number of alkyl carbamates (subject to hydrolysis) is 1. The van der Waals surface area contributed by atoms with E-state index in [1.165, 1.54) is 12.3 Å². The Labute approximate surface area is 179 Å². The number of carbonyl (C=O) groups is 1. The summed E-state index contributed by atoms with van der Waals surface area (Å²) in [6, 6.07) is 6.73. The van der Waals surface area contributed by atoms with E-state index in [1.54, 1.807) is 12.1 Å². The van der Waals surface area contributed by atoms with Crippen LogP contribution in [0, 0.1) is 17.1 Å². The highest BCUT2D eigenvalue weighted by Crippen LogP contribution is 2.31. The van der Waals surface area contributed by atoms with Crippen molar-refractivity contribution in [1.29, 1.82) is 5.26 Å². The maximum absolute atomic E-state index is 14.6. The number of aromatic nitrogens is 4. The van der Waals surface area contributed by atoms with Crippen LogP contribution in [-0.4, -0.2) is 51.4 Å². The van der Waals surface area contributed by atoms with Gasteiger partial charge in [0, 0.05) is 25.3 Å². The Hall–Kier alpha value is -3.68. The molecule has 31 heavy (non-hydrogen) atoms. The maximum atomic E-state index is 14.6. The lowest BCUT2D eigenvalue weighted by Gasteiger charge is -2.35. The molecule has 1 saturated heterocycles. The standard InChI is InChI=1S/C20H25FN8O2/c1-20(2,3)31-19(30)24-14-7-9-29(10-8-14)16-6-4-5-15(21)17(16)23-12-13(11-22)18-25-27-28-26-18/h4-6,12,14,23H,7-10H2,1-3H3,(H,24,30)(H,25,26,27,28). The summed E-state index contributed by atoms with van der Waals surface area (Å²) >= 11 is 0. The number of amides is 1. The van der Waals surface area contributed by atoms with E-state index in [2.05, 4.69) is 31.3 Å². The Bertz CT molecular complexity index is 970. The van der Waals surface area contributed by atoms with Crippen molar-refractivity contribution in [2.75, 3.05) is 23.3 Å². The summed E-state index contributed by atoms with van der Waals surface area (Å²) in [7, 11) is 0. The number of allylic oxidation sites excluding steroid dienone is 1. The minimum Gasteiger partial charge on any atom is -0.444 e. The van der Waals surface area contributed by atoms with E-state index in [-0.39, 0.29) is 23.1 Å². The summed E-state index contributed by atoms with van der Waals surface area (Å²) < 4.78 is 19.9. The average Bonchev–Trinajstić information content (AvgIpc) is 3.23. The van der Waals surface area contributed by atoms with Crippen molar-refractivity contribution >= 4 is 23.0 Å². The van der Waals surface area contributed by atoms with Gasteiger partial charge in [-0.2, -0.15) is 10.5 Å². The summed E-state index contributed by atoms with van der Waals surface area (Å²) in [5, 5.41) is 28.3. The molecule has 1 aromatic heterocycles. The van der Waals surface area contributed by atoms with E-state index >= 15 is 0 Å². The van der Waals surface area contributed by atoms with Gasteiger partial charge >= 0.3 is 6.09 Å². The molecule has 1 fully saturated rings. The molecule has 11 heteroatoms. The minimum absolute atomic E-state index is 0.0144. The van der Waals surface area contributed by atoms with Crippen molar-refractivity contribution in [3.63, 3.8) is 0 Å². The van der Waals surface area contributed by atoms with Crippen LogP contribution in [0.3, 0.4) is 0 Å². The molecule has 0 atom stereocenters. The summed E-state index contributed by atoms with van der Waals surface area (Å²) in [4.78, 5) is 14.0. The van der Waals surface area contributed by atoms with E-state index in [1.807, 2.05) is 31.7 Å². The predicted molar refractivity (Wildman–Crippen MR) is 112 cm³/mol. The van der Waals surface area contributed by atoms with Gasteiger partial charge in [0.1, 0.15) is 23.1 Å². The fourth-order valence-electron chi connectivity index (χ4n) is 3.23. The molecule has 2 aromatic rings. The third-order valence-corrected chi connectivity index (χ3v) is 4.62. The van der Waals surface area contributed by atoms with Gasteiger partial charge in [-0.25, -0.2) is 9.18 Å². The van der Waals surface area contributed by atoms with Crippen molar-refractivity contribution < 1.29 is 13.9 Å². The molecule has 3 N–H and O–H groups in total. The van der Waals surface area contributed by atoms with E-state index in [4.69, 9.17) is 4.74 Å². The van der Waals surface area contributed by atoms with Gasteiger partial charge in [-0.05, 0) is 51.0 Å². The number of hydrogen-bond acceptors (Lipinski definition) is 8. The summed E-state index contributed by atoms with van der Waals surface area (Å²) in [5.41, 5.74) is 0.474. The molecule has 1 amide bonds. The zero-order valence-corrected chi connectivity index (χ0v) is 17.6. The summed E-state index contributed by atoms with van der Waals surface area (Å²) in [6.45, 7) is 6.70. The Balaban J connectivity index is 1.67. The van der Waals surface area contributed by atoms with Crippen molar-refractivity contribution in [2.45, 2.75) is 45.3 Å². The maximum Gasteiger partial charge on any atom is 0.407 e. The number of aromatic amines is 1. The fourth-order valence-corrected chi connectivity index (χ4v) is 3.23. The van der Waals surface area contributed by atoms with Crippen molar-refractivity contribution in [2.24, 2.45) is 0 Å². The minimum atomic E-state index is -0.551. The molecular weight excluding hydrogens is 403 g/mol. The van der Waals surface area contributed by atoms with Gasteiger partial charge in [0.25, 0.3) is 0 Å². The van der Waals surface area contributed by atoms with Gasteiger partial charge in [-0.15, -0.1) is 10.2 Å². The molecule has 0 aliphatic carbocycles. The number of anilines is 2. The third-order valence-electron chi connectivity index (χ3n) is 4.62. The molecule has 1 aliphatic heterocycles. The molecule has 0 unspecified atom stereocenters. The molecule has 2 heterocycles. The molecule has 0 radical (unpaired) electrons. The number of nitrogens with one attached hydrogen (secondary N) is 3. The van der Waals surface area contributed by atoms with Crippen molar-refractivity contribution in [1.82, 2.24) is 25.9 Å². The van der Waals surface area contributed by atoms with Crippen LogP contribution >= 0.6 is 0 Å². The van der Waals surface area contributed by atoms with Gasteiger partial charge < -0.3 is 20.3 Å². The second-order valence-electron chi connectivity index (χ2n) is 8.09. The number of carbonyl (C=O) groups excluding carboxylic acids is 1. The highest BCUT2D eigenvalue weighted by molar-refractivity contribution is 5.78. The summed E-state index contributed by atoms with van der Waals surface area (Å²) in [6.07, 6.45) is 2.30. The first-order valence-electron chi connectivity index (χ1n) is 9.90. The highest BCUT2D eigenvalue weighted by Gasteiger charge is 2.25. The molecule has 1 aromatic carbocycles.